The van der Waals surface area contributed by atoms with Gasteiger partial charge in [0.15, 0.2) is 0 Å². The van der Waals surface area contributed by atoms with Crippen LogP contribution in [0.3, 0.4) is 0 Å². The summed E-state index contributed by atoms with van der Waals surface area (Å²) >= 11 is 0.957. The van der Waals surface area contributed by atoms with Crippen molar-refractivity contribution in [3.05, 3.63) is 38.4 Å². The van der Waals surface area contributed by atoms with Crippen LogP contribution >= 0.6 is 24.2 Å². The predicted molar refractivity (Wildman–Crippen MR) is 77.7 cm³/mol. The third-order valence-electron chi connectivity index (χ3n) is 2.27. The Balaban J connectivity index is 0.00000400. The molecule has 9 nitrogen and oxygen atoms in total. The summed E-state index contributed by atoms with van der Waals surface area (Å²) in [4.78, 5) is 31.3. The largest absolute Gasteiger partial charge is 0.468 e. The van der Waals surface area contributed by atoms with Gasteiger partial charge in [0.2, 0.25) is 0 Å². The van der Waals surface area contributed by atoms with E-state index in [4.69, 9.17) is 5.73 Å². The highest BCUT2D eigenvalue weighted by molar-refractivity contribution is 7.99. The summed E-state index contributed by atoms with van der Waals surface area (Å²) in [7, 11) is 1.18. The molecule has 0 aliphatic rings. The van der Waals surface area contributed by atoms with Gasteiger partial charge in [-0.15, -0.1) is 24.2 Å². The molecular formula is C10H12ClN3O6S. The minimum Gasteiger partial charge on any atom is -0.468 e. The monoisotopic (exact) mass is 337 g/mol. The maximum atomic E-state index is 11.1. The topological polar surface area (TPSA) is 139 Å². The van der Waals surface area contributed by atoms with Crippen molar-refractivity contribution >= 4 is 41.5 Å². The van der Waals surface area contributed by atoms with E-state index in [1.54, 1.807) is 0 Å². The molecule has 0 heterocycles. The zero-order chi connectivity index (χ0) is 15.3. The Bertz CT molecular complexity index is 556. The molecule has 0 aliphatic heterocycles. The second kappa shape index (κ2) is 8.39. The van der Waals surface area contributed by atoms with Crippen molar-refractivity contribution in [2.45, 2.75) is 10.9 Å². The molecule has 2 N–H and O–H groups in total. The van der Waals surface area contributed by atoms with Gasteiger partial charge >= 0.3 is 5.97 Å². The summed E-state index contributed by atoms with van der Waals surface area (Å²) in [6.45, 7) is 0. The quantitative estimate of drug-likeness (QED) is 0.356. The van der Waals surface area contributed by atoms with E-state index in [1.807, 2.05) is 0 Å². The molecule has 0 bridgehead atoms. The van der Waals surface area contributed by atoms with Crippen molar-refractivity contribution < 1.29 is 19.4 Å². The normalized spacial score (nSPS) is 11.1. The molecule has 1 atom stereocenters. The number of thioether (sulfide) groups is 1. The second-order valence-corrected chi connectivity index (χ2v) is 4.67. The number of nitrogens with zero attached hydrogens (tertiary/aromatic N) is 2. The number of carbonyl (C=O) groups excluding carboxylic acids is 1. The van der Waals surface area contributed by atoms with Crippen molar-refractivity contribution in [2.24, 2.45) is 5.73 Å². The second-order valence-electron chi connectivity index (χ2n) is 3.61. The summed E-state index contributed by atoms with van der Waals surface area (Å²) in [5, 5.41) is 21.5. The third kappa shape index (κ3) is 5.17. The lowest BCUT2D eigenvalue weighted by atomic mass is 10.3. The lowest BCUT2D eigenvalue weighted by Gasteiger charge is -2.08. The zero-order valence-electron chi connectivity index (χ0n) is 10.8. The highest BCUT2D eigenvalue weighted by Crippen LogP contribution is 2.32. The number of nitro benzene ring substituents is 2. The van der Waals surface area contributed by atoms with E-state index in [0.29, 0.717) is 0 Å². The van der Waals surface area contributed by atoms with Gasteiger partial charge in [0.05, 0.1) is 27.9 Å². The average molecular weight is 338 g/mol. The number of halogens is 1. The van der Waals surface area contributed by atoms with Gasteiger partial charge in [0, 0.05) is 11.8 Å². The van der Waals surface area contributed by atoms with E-state index in [0.717, 1.165) is 23.9 Å². The van der Waals surface area contributed by atoms with Crippen LogP contribution in [-0.2, 0) is 9.53 Å². The minimum atomic E-state index is -0.931. The van der Waals surface area contributed by atoms with E-state index in [1.165, 1.54) is 13.2 Å². The third-order valence-corrected chi connectivity index (χ3v) is 3.45. The molecule has 1 unspecified atom stereocenters. The van der Waals surface area contributed by atoms with Crippen LogP contribution in [0.1, 0.15) is 0 Å². The molecule has 116 valence electrons. The number of esters is 1. The lowest BCUT2D eigenvalue weighted by molar-refractivity contribution is -0.396. The Morgan fingerprint density at radius 3 is 2.48 bits per heavy atom. The number of hydrogen-bond acceptors (Lipinski definition) is 8. The van der Waals surface area contributed by atoms with Gasteiger partial charge < -0.3 is 10.5 Å². The van der Waals surface area contributed by atoms with E-state index in [9.17, 15) is 25.0 Å². The van der Waals surface area contributed by atoms with Gasteiger partial charge in [-0.2, -0.15) is 0 Å². The van der Waals surface area contributed by atoms with Crippen LogP contribution in [0.2, 0.25) is 0 Å². The van der Waals surface area contributed by atoms with Crippen LogP contribution in [0, 0.1) is 20.2 Å². The first-order valence-electron chi connectivity index (χ1n) is 5.26. The fraction of sp³-hybridized carbons (Fsp3) is 0.300. The SMILES string of the molecule is COC(=O)C(N)CSc1ccc([N+](=O)[O-])cc1[N+](=O)[O-].Cl. The Morgan fingerprint density at radius 2 is 2.00 bits per heavy atom. The molecule has 0 spiro atoms. The summed E-state index contributed by atoms with van der Waals surface area (Å²) in [5.74, 6) is -0.576. The molecule has 1 aromatic carbocycles. The van der Waals surface area contributed by atoms with Crippen molar-refractivity contribution in [3.63, 3.8) is 0 Å². The van der Waals surface area contributed by atoms with E-state index >= 15 is 0 Å². The zero-order valence-corrected chi connectivity index (χ0v) is 12.4. The Morgan fingerprint density at radius 1 is 1.38 bits per heavy atom. The first-order valence-corrected chi connectivity index (χ1v) is 6.24. The van der Waals surface area contributed by atoms with Gasteiger partial charge in [-0.25, -0.2) is 0 Å². The highest BCUT2D eigenvalue weighted by Gasteiger charge is 2.21. The van der Waals surface area contributed by atoms with Crippen LogP contribution in [0.5, 0.6) is 0 Å². The van der Waals surface area contributed by atoms with E-state index in [2.05, 4.69) is 4.74 Å². The standard InChI is InChI=1S/C10H11N3O6S.ClH/c1-19-10(14)7(11)5-20-9-3-2-6(12(15)16)4-8(9)13(17)18;/h2-4,7H,5,11H2,1H3;1H. The van der Waals surface area contributed by atoms with Crippen LogP contribution in [-0.4, -0.2) is 34.7 Å². The fourth-order valence-corrected chi connectivity index (χ4v) is 2.22. The summed E-state index contributed by atoms with van der Waals surface area (Å²) < 4.78 is 4.43. The van der Waals surface area contributed by atoms with Gasteiger partial charge in [0.25, 0.3) is 11.4 Å². The highest BCUT2D eigenvalue weighted by atomic mass is 35.5. The maximum Gasteiger partial charge on any atom is 0.323 e. The smallest absolute Gasteiger partial charge is 0.323 e. The van der Waals surface area contributed by atoms with Crippen LogP contribution < -0.4 is 5.73 Å². The number of methoxy groups -OCH3 is 1. The molecule has 11 heteroatoms. The van der Waals surface area contributed by atoms with Gasteiger partial charge in [0.1, 0.15) is 6.04 Å². The van der Waals surface area contributed by atoms with Gasteiger partial charge in [-0.1, -0.05) is 0 Å². The first-order chi connectivity index (χ1) is 9.36. The number of ether oxygens (including phenoxy) is 1. The number of hydrogen-bond donors (Lipinski definition) is 1. The lowest BCUT2D eigenvalue weighted by Crippen LogP contribution is -2.33. The van der Waals surface area contributed by atoms with E-state index in [-0.39, 0.29) is 28.7 Å². The van der Waals surface area contributed by atoms with Crippen molar-refractivity contribution in [3.8, 4) is 0 Å². The number of non-ortho nitro benzene ring substituents is 1. The molecule has 0 saturated carbocycles. The summed E-state index contributed by atoms with van der Waals surface area (Å²) in [6.07, 6.45) is 0. The summed E-state index contributed by atoms with van der Waals surface area (Å²) in [5.41, 5.74) is 4.73. The first kappa shape index (κ1) is 19.1. The molecule has 0 radical (unpaired) electrons. The number of benzene rings is 1. The Labute approximate surface area is 129 Å². The molecule has 1 rings (SSSR count). The minimum absolute atomic E-state index is 0. The van der Waals surface area contributed by atoms with E-state index < -0.39 is 27.5 Å². The van der Waals surface area contributed by atoms with Crippen molar-refractivity contribution in [2.75, 3.05) is 12.9 Å². The molecule has 21 heavy (non-hydrogen) atoms. The number of carbonyl (C=O) groups is 1. The average Bonchev–Trinajstić information content (AvgIpc) is 2.43. The molecule has 0 aliphatic carbocycles. The molecule has 0 aromatic heterocycles. The molecular weight excluding hydrogens is 326 g/mol. The van der Waals surface area contributed by atoms with Crippen molar-refractivity contribution in [1.29, 1.82) is 0 Å². The predicted octanol–water partition coefficient (Wildman–Crippen LogP) is 1.52. The Kier molecular flexibility index (Phi) is 7.63. The summed E-state index contributed by atoms with van der Waals surface area (Å²) in [6, 6.07) is 2.34. The molecule has 0 fully saturated rings. The van der Waals surface area contributed by atoms with Crippen LogP contribution in [0.4, 0.5) is 11.4 Å². The van der Waals surface area contributed by atoms with Gasteiger partial charge in [-0.3, -0.25) is 25.0 Å². The van der Waals surface area contributed by atoms with Crippen molar-refractivity contribution in [1.82, 2.24) is 0 Å². The number of rotatable bonds is 6. The molecule has 1 aromatic rings. The maximum absolute atomic E-state index is 11.1. The number of nitrogens with two attached hydrogens (primary N) is 1. The van der Waals surface area contributed by atoms with Crippen LogP contribution in [0.15, 0.2) is 23.1 Å². The molecule has 0 saturated heterocycles. The number of nitro groups is 2. The Hall–Kier alpha value is -1.91. The van der Waals surface area contributed by atoms with Gasteiger partial charge in [-0.05, 0) is 6.07 Å². The fourth-order valence-electron chi connectivity index (χ4n) is 1.28. The molecule has 0 amide bonds. The van der Waals surface area contributed by atoms with Crippen LogP contribution in [0.25, 0.3) is 0 Å².